The molecule has 14 heavy (non-hydrogen) atoms. The lowest BCUT2D eigenvalue weighted by Gasteiger charge is -2.25. The number of nitriles is 1. The quantitative estimate of drug-likeness (QED) is 0.763. The lowest BCUT2D eigenvalue weighted by molar-refractivity contribution is 0.693. The van der Waals surface area contributed by atoms with Crippen molar-refractivity contribution in [2.75, 3.05) is 18.5 Å². The van der Waals surface area contributed by atoms with Crippen LogP contribution in [-0.2, 0) is 0 Å². The maximum absolute atomic E-state index is 8.85. The molecule has 0 aliphatic heterocycles. The van der Waals surface area contributed by atoms with Gasteiger partial charge in [0.25, 0.3) is 0 Å². The monoisotopic (exact) mass is 190 g/mol. The van der Waals surface area contributed by atoms with E-state index in [1.807, 2.05) is 31.0 Å². The number of anilines is 1. The normalized spacial score (nSPS) is 11.9. The van der Waals surface area contributed by atoms with Gasteiger partial charge in [0.05, 0.1) is 5.69 Å². The van der Waals surface area contributed by atoms with Gasteiger partial charge < -0.3 is 10.6 Å². The third-order valence-corrected chi connectivity index (χ3v) is 2.27. The van der Waals surface area contributed by atoms with E-state index in [2.05, 4.69) is 11.1 Å². The molecule has 0 aromatic carbocycles. The van der Waals surface area contributed by atoms with Crippen LogP contribution < -0.4 is 10.6 Å². The maximum atomic E-state index is 8.85. The smallest absolute Gasteiger partial charge is 0.163 e. The molecule has 0 saturated carbocycles. The standard InChI is InChI=1S/C10H14N4/c1-8(6-11)14(2)10-4-3-5-13-9(10)7-12/h3-5,8H,6,11H2,1-2H3. The second kappa shape index (κ2) is 4.58. The van der Waals surface area contributed by atoms with E-state index in [0.29, 0.717) is 12.2 Å². The zero-order valence-corrected chi connectivity index (χ0v) is 8.44. The number of likely N-dealkylation sites (N-methyl/N-ethyl adjacent to an activating group) is 1. The van der Waals surface area contributed by atoms with Gasteiger partial charge >= 0.3 is 0 Å². The summed E-state index contributed by atoms with van der Waals surface area (Å²) in [6.45, 7) is 2.56. The molecule has 0 fully saturated rings. The SMILES string of the molecule is CC(CN)N(C)c1cccnc1C#N. The summed E-state index contributed by atoms with van der Waals surface area (Å²) in [5.74, 6) is 0. The number of nitrogens with zero attached hydrogens (tertiary/aromatic N) is 3. The van der Waals surface area contributed by atoms with Crippen molar-refractivity contribution in [1.82, 2.24) is 4.98 Å². The number of nitrogens with two attached hydrogens (primary N) is 1. The van der Waals surface area contributed by atoms with Crippen LogP contribution >= 0.6 is 0 Å². The van der Waals surface area contributed by atoms with Gasteiger partial charge in [-0.3, -0.25) is 0 Å². The van der Waals surface area contributed by atoms with Crippen LogP contribution in [0.2, 0.25) is 0 Å². The van der Waals surface area contributed by atoms with Crippen LogP contribution in [0.1, 0.15) is 12.6 Å². The Labute approximate surface area is 84.0 Å². The molecule has 1 aromatic heterocycles. The van der Waals surface area contributed by atoms with Crippen molar-refractivity contribution in [1.29, 1.82) is 5.26 Å². The highest BCUT2D eigenvalue weighted by atomic mass is 15.1. The minimum Gasteiger partial charge on any atom is -0.368 e. The van der Waals surface area contributed by atoms with Gasteiger partial charge in [-0.15, -0.1) is 0 Å². The molecule has 1 heterocycles. The summed E-state index contributed by atoms with van der Waals surface area (Å²) >= 11 is 0. The summed E-state index contributed by atoms with van der Waals surface area (Å²) in [4.78, 5) is 5.96. The zero-order chi connectivity index (χ0) is 10.6. The van der Waals surface area contributed by atoms with Gasteiger partial charge in [-0.05, 0) is 19.1 Å². The molecule has 0 spiro atoms. The zero-order valence-electron chi connectivity index (χ0n) is 8.44. The molecule has 0 saturated heterocycles. The van der Waals surface area contributed by atoms with Crippen molar-refractivity contribution in [3.05, 3.63) is 24.0 Å². The van der Waals surface area contributed by atoms with E-state index in [4.69, 9.17) is 11.0 Å². The van der Waals surface area contributed by atoms with Gasteiger partial charge in [0.1, 0.15) is 6.07 Å². The first kappa shape index (κ1) is 10.5. The fourth-order valence-corrected chi connectivity index (χ4v) is 1.16. The minimum absolute atomic E-state index is 0.200. The van der Waals surface area contributed by atoms with Crippen LogP contribution in [0.25, 0.3) is 0 Å². The van der Waals surface area contributed by atoms with Gasteiger partial charge in [0.15, 0.2) is 5.69 Å². The molecule has 4 heteroatoms. The lowest BCUT2D eigenvalue weighted by atomic mass is 10.2. The number of aromatic nitrogens is 1. The number of pyridine rings is 1. The highest BCUT2D eigenvalue weighted by molar-refractivity contribution is 5.55. The largest absolute Gasteiger partial charge is 0.368 e. The van der Waals surface area contributed by atoms with E-state index in [-0.39, 0.29) is 6.04 Å². The minimum atomic E-state index is 0.200. The molecule has 0 aliphatic carbocycles. The Balaban J connectivity index is 3.01. The Bertz CT molecular complexity index is 342. The molecule has 0 bridgehead atoms. The first-order valence-corrected chi connectivity index (χ1v) is 4.48. The van der Waals surface area contributed by atoms with Gasteiger partial charge in [0.2, 0.25) is 0 Å². The van der Waals surface area contributed by atoms with Crippen LogP contribution in [-0.4, -0.2) is 24.6 Å². The highest BCUT2D eigenvalue weighted by Crippen LogP contribution is 2.17. The van der Waals surface area contributed by atoms with Crippen LogP contribution in [0.4, 0.5) is 5.69 Å². The van der Waals surface area contributed by atoms with Crippen molar-refractivity contribution < 1.29 is 0 Å². The van der Waals surface area contributed by atoms with Gasteiger partial charge in [-0.1, -0.05) is 0 Å². The molecule has 1 rings (SSSR count). The predicted octanol–water partition coefficient (Wildman–Crippen LogP) is 0.737. The van der Waals surface area contributed by atoms with E-state index >= 15 is 0 Å². The molecular formula is C10H14N4. The fourth-order valence-electron chi connectivity index (χ4n) is 1.16. The molecule has 4 nitrogen and oxygen atoms in total. The van der Waals surface area contributed by atoms with E-state index in [0.717, 1.165) is 5.69 Å². The second-order valence-corrected chi connectivity index (χ2v) is 3.18. The van der Waals surface area contributed by atoms with Crippen molar-refractivity contribution >= 4 is 5.69 Å². The summed E-state index contributed by atoms with van der Waals surface area (Å²) < 4.78 is 0. The average molecular weight is 190 g/mol. The van der Waals surface area contributed by atoms with Crippen LogP contribution in [0.5, 0.6) is 0 Å². The topological polar surface area (TPSA) is 65.9 Å². The molecule has 0 aliphatic rings. The molecule has 2 N–H and O–H groups in total. The lowest BCUT2D eigenvalue weighted by Crippen LogP contribution is -2.35. The third-order valence-electron chi connectivity index (χ3n) is 2.27. The van der Waals surface area contributed by atoms with Crippen LogP contribution in [0, 0.1) is 11.3 Å². The van der Waals surface area contributed by atoms with E-state index in [1.165, 1.54) is 0 Å². The van der Waals surface area contributed by atoms with E-state index < -0.39 is 0 Å². The van der Waals surface area contributed by atoms with Crippen LogP contribution in [0.15, 0.2) is 18.3 Å². The fraction of sp³-hybridized carbons (Fsp3) is 0.400. The predicted molar refractivity (Wildman–Crippen MR) is 55.9 cm³/mol. The summed E-state index contributed by atoms with van der Waals surface area (Å²) in [5.41, 5.74) is 6.82. The van der Waals surface area contributed by atoms with Gasteiger partial charge in [-0.2, -0.15) is 5.26 Å². The van der Waals surface area contributed by atoms with Crippen molar-refractivity contribution in [3.63, 3.8) is 0 Å². The Hall–Kier alpha value is -1.60. The van der Waals surface area contributed by atoms with Gasteiger partial charge in [0, 0.05) is 25.8 Å². The van der Waals surface area contributed by atoms with Crippen molar-refractivity contribution in [2.45, 2.75) is 13.0 Å². The average Bonchev–Trinajstić information content (AvgIpc) is 2.26. The van der Waals surface area contributed by atoms with Crippen molar-refractivity contribution in [3.8, 4) is 6.07 Å². The first-order chi connectivity index (χ1) is 6.70. The number of hydrogen-bond donors (Lipinski definition) is 1. The summed E-state index contributed by atoms with van der Waals surface area (Å²) in [7, 11) is 1.91. The molecule has 1 unspecified atom stereocenters. The highest BCUT2D eigenvalue weighted by Gasteiger charge is 2.12. The van der Waals surface area contributed by atoms with E-state index in [1.54, 1.807) is 6.20 Å². The number of rotatable bonds is 3. The van der Waals surface area contributed by atoms with Crippen LogP contribution in [0.3, 0.4) is 0 Å². The third kappa shape index (κ3) is 2.01. The molecule has 1 atom stereocenters. The number of hydrogen-bond acceptors (Lipinski definition) is 4. The summed E-state index contributed by atoms with van der Waals surface area (Å²) in [5, 5.41) is 8.85. The Morgan fingerprint density at radius 2 is 2.43 bits per heavy atom. The van der Waals surface area contributed by atoms with Gasteiger partial charge in [-0.25, -0.2) is 4.98 Å². The molecule has 74 valence electrons. The molecule has 0 radical (unpaired) electrons. The summed E-state index contributed by atoms with van der Waals surface area (Å²) in [6, 6.07) is 5.95. The Kier molecular flexibility index (Phi) is 3.43. The second-order valence-electron chi connectivity index (χ2n) is 3.18. The Morgan fingerprint density at radius 1 is 1.71 bits per heavy atom. The summed E-state index contributed by atoms with van der Waals surface area (Å²) in [6.07, 6.45) is 1.61. The first-order valence-electron chi connectivity index (χ1n) is 4.48. The molecule has 1 aromatic rings. The Morgan fingerprint density at radius 3 is 3.00 bits per heavy atom. The maximum Gasteiger partial charge on any atom is 0.163 e. The molecular weight excluding hydrogens is 176 g/mol. The molecule has 0 amide bonds. The van der Waals surface area contributed by atoms with E-state index in [9.17, 15) is 0 Å². The van der Waals surface area contributed by atoms with Crippen molar-refractivity contribution in [2.24, 2.45) is 5.73 Å².